The Labute approximate surface area is 184 Å². The highest BCUT2D eigenvalue weighted by molar-refractivity contribution is 5.88. The first-order valence-corrected chi connectivity index (χ1v) is 10.4. The number of ether oxygens (including phenoxy) is 1. The zero-order valence-electron chi connectivity index (χ0n) is 17.3. The second-order valence-electron chi connectivity index (χ2n) is 7.49. The van der Waals surface area contributed by atoms with Crippen LogP contribution in [-0.2, 0) is 4.79 Å². The number of rotatable bonds is 0. The van der Waals surface area contributed by atoms with E-state index >= 15 is 0 Å². The molecular weight excluding hydrogens is 402 g/mol. The number of amides is 1. The summed E-state index contributed by atoms with van der Waals surface area (Å²) in [6.45, 7) is 1.04. The molecule has 0 fully saturated rings. The molecule has 3 aliphatic rings. The summed E-state index contributed by atoms with van der Waals surface area (Å²) < 4.78 is 5.93. The highest BCUT2D eigenvalue weighted by Gasteiger charge is 2.11. The average molecular weight is 423 g/mol. The first-order valence-electron chi connectivity index (χ1n) is 10.4. The molecule has 4 heterocycles. The molecule has 1 N–H and O–H groups in total. The lowest BCUT2D eigenvalue weighted by Gasteiger charge is -2.23. The molecule has 0 aliphatic carbocycles. The summed E-state index contributed by atoms with van der Waals surface area (Å²) in [7, 11) is 0. The summed E-state index contributed by atoms with van der Waals surface area (Å²) in [6.07, 6.45) is 13.3. The van der Waals surface area contributed by atoms with Crippen molar-refractivity contribution >= 4 is 28.7 Å². The van der Waals surface area contributed by atoms with Gasteiger partial charge in [-0.25, -0.2) is 15.0 Å². The molecule has 0 radical (unpaired) electrons. The molecule has 0 spiro atoms. The lowest BCUT2D eigenvalue weighted by atomic mass is 10.1. The van der Waals surface area contributed by atoms with Gasteiger partial charge in [-0.15, -0.1) is 0 Å². The lowest BCUT2D eigenvalue weighted by molar-refractivity contribution is -0.120. The van der Waals surface area contributed by atoms with Gasteiger partial charge in [0.25, 0.3) is 0 Å². The standard InChI is InChI=1S/C25H21N5O2/c31-24-15-30-12-9-18(10-13-30)16-32-20-7-8-23-21(14-20)25(28-17-27-23)29-22-6-2-1-4-19(22)5-3-11-26-24/h1-9,11-12,14,16-17H,10,13,15H2,(H,26,31)/b11-3-,18-16+,19-5-,29-22-. The lowest BCUT2D eigenvalue weighted by Crippen LogP contribution is -2.33. The van der Waals surface area contributed by atoms with Crippen LogP contribution in [0.3, 0.4) is 0 Å². The molecular formula is C25H21N5O2. The summed E-state index contributed by atoms with van der Waals surface area (Å²) in [5, 5.41) is 5.30. The van der Waals surface area contributed by atoms with E-state index in [2.05, 4.69) is 15.3 Å². The third-order valence-corrected chi connectivity index (χ3v) is 5.25. The van der Waals surface area contributed by atoms with E-state index in [0.29, 0.717) is 18.1 Å². The minimum atomic E-state index is -0.0710. The number of hydrogen-bond acceptors (Lipinski definition) is 6. The Bertz CT molecular complexity index is 1390. The van der Waals surface area contributed by atoms with Crippen molar-refractivity contribution < 1.29 is 9.53 Å². The molecule has 1 amide bonds. The molecule has 4 bridgehead atoms. The third kappa shape index (κ3) is 4.41. The summed E-state index contributed by atoms with van der Waals surface area (Å²) in [5.74, 6) is 1.18. The average Bonchev–Trinajstić information content (AvgIpc) is 2.82. The summed E-state index contributed by atoms with van der Waals surface area (Å²) in [4.78, 5) is 27.8. The molecule has 7 heteroatoms. The smallest absolute Gasteiger partial charge is 0.243 e. The minimum absolute atomic E-state index is 0.0710. The quantitative estimate of drug-likeness (QED) is 0.601. The van der Waals surface area contributed by atoms with E-state index in [9.17, 15) is 4.79 Å². The van der Waals surface area contributed by atoms with Crippen molar-refractivity contribution in [3.05, 3.63) is 95.8 Å². The Hall–Kier alpha value is -4.26. The van der Waals surface area contributed by atoms with Crippen LogP contribution in [0.15, 0.2) is 90.2 Å². The fourth-order valence-corrected chi connectivity index (χ4v) is 3.56. The maximum Gasteiger partial charge on any atom is 0.243 e. The normalized spacial score (nSPS) is 20.8. The van der Waals surface area contributed by atoms with Gasteiger partial charge in [0, 0.05) is 23.3 Å². The van der Waals surface area contributed by atoms with Gasteiger partial charge in [-0.05, 0) is 54.6 Å². The van der Waals surface area contributed by atoms with Gasteiger partial charge in [0.05, 0.1) is 23.7 Å². The molecule has 158 valence electrons. The van der Waals surface area contributed by atoms with Gasteiger partial charge in [0.2, 0.25) is 5.91 Å². The highest BCUT2D eigenvalue weighted by Crippen LogP contribution is 2.26. The van der Waals surface area contributed by atoms with E-state index < -0.39 is 0 Å². The van der Waals surface area contributed by atoms with Crippen molar-refractivity contribution in [3.63, 3.8) is 0 Å². The van der Waals surface area contributed by atoms with Gasteiger partial charge in [-0.3, -0.25) is 4.79 Å². The fourth-order valence-electron chi connectivity index (χ4n) is 3.56. The Balaban J connectivity index is 1.65. The van der Waals surface area contributed by atoms with Crippen LogP contribution < -0.4 is 20.6 Å². The second kappa shape index (κ2) is 8.85. The van der Waals surface area contributed by atoms with Crippen molar-refractivity contribution in [2.45, 2.75) is 6.42 Å². The van der Waals surface area contributed by atoms with Gasteiger partial charge in [0.1, 0.15) is 12.1 Å². The molecule has 3 aromatic rings. The zero-order chi connectivity index (χ0) is 21.8. The van der Waals surface area contributed by atoms with Crippen molar-refractivity contribution in [1.82, 2.24) is 20.2 Å². The van der Waals surface area contributed by atoms with Crippen LogP contribution in [-0.4, -0.2) is 33.9 Å². The van der Waals surface area contributed by atoms with Crippen LogP contribution in [0.1, 0.15) is 6.42 Å². The first kappa shape index (κ1) is 19.7. The monoisotopic (exact) mass is 423 g/mol. The molecule has 0 saturated carbocycles. The number of hydrogen-bond donors (Lipinski definition) is 1. The van der Waals surface area contributed by atoms with E-state index in [-0.39, 0.29) is 5.91 Å². The summed E-state index contributed by atoms with van der Waals surface area (Å²) >= 11 is 0. The number of nitrogens with one attached hydrogen (secondary N) is 1. The Kier molecular flexibility index (Phi) is 5.45. The van der Waals surface area contributed by atoms with E-state index in [1.54, 1.807) is 18.5 Å². The second-order valence-corrected chi connectivity index (χ2v) is 7.49. The van der Waals surface area contributed by atoms with E-state index in [0.717, 1.165) is 40.0 Å². The number of nitrogens with zero attached hydrogens (tertiary/aromatic N) is 4. The Morgan fingerprint density at radius 1 is 1.09 bits per heavy atom. The van der Waals surface area contributed by atoms with E-state index in [1.807, 2.05) is 65.7 Å². The van der Waals surface area contributed by atoms with E-state index in [4.69, 9.17) is 9.73 Å². The van der Waals surface area contributed by atoms with Gasteiger partial charge in [-0.1, -0.05) is 24.3 Å². The molecule has 0 atom stereocenters. The van der Waals surface area contributed by atoms with Crippen molar-refractivity contribution in [1.29, 1.82) is 0 Å². The molecule has 0 saturated heterocycles. The first-order chi connectivity index (χ1) is 15.7. The van der Waals surface area contributed by atoms with Crippen molar-refractivity contribution in [2.24, 2.45) is 4.99 Å². The number of aromatic nitrogens is 2. The van der Waals surface area contributed by atoms with Crippen LogP contribution in [0, 0.1) is 0 Å². The maximum absolute atomic E-state index is 12.2. The number of carbonyl (C=O) groups excluding carboxylic acids is 1. The summed E-state index contributed by atoms with van der Waals surface area (Å²) in [5.41, 5.74) is 1.85. The number of para-hydroxylation sites is 1. The highest BCUT2D eigenvalue weighted by atomic mass is 16.5. The van der Waals surface area contributed by atoms with Gasteiger partial charge in [0.15, 0.2) is 5.82 Å². The fraction of sp³-hybridized carbons (Fsp3) is 0.120. The number of allylic oxidation sites excluding steroid dienone is 2. The van der Waals surface area contributed by atoms with Crippen LogP contribution in [0.2, 0.25) is 0 Å². The Morgan fingerprint density at radius 3 is 2.94 bits per heavy atom. The largest absolute Gasteiger partial charge is 0.465 e. The molecule has 32 heavy (non-hydrogen) atoms. The van der Waals surface area contributed by atoms with Crippen LogP contribution in [0.4, 0.5) is 5.82 Å². The Morgan fingerprint density at radius 2 is 2.03 bits per heavy atom. The number of benzene rings is 2. The summed E-state index contributed by atoms with van der Waals surface area (Å²) in [6, 6.07) is 13.5. The number of fused-ring (bicyclic) bond motifs is 6. The topological polar surface area (TPSA) is 79.7 Å². The van der Waals surface area contributed by atoms with Crippen LogP contribution in [0.25, 0.3) is 17.0 Å². The predicted octanol–water partition coefficient (Wildman–Crippen LogP) is 2.49. The molecule has 1 aromatic heterocycles. The third-order valence-electron chi connectivity index (χ3n) is 5.25. The SMILES string of the molecule is O=C1CN2C=C/C(=C\Oc3ccc4ncnc(c4c3)/N=c3/cccc/c3=C/C=C\N1)CC2. The molecule has 0 unspecified atom stereocenters. The van der Waals surface area contributed by atoms with Crippen LogP contribution >= 0.6 is 0 Å². The molecule has 3 aliphatic heterocycles. The molecule has 7 nitrogen and oxygen atoms in total. The van der Waals surface area contributed by atoms with Gasteiger partial charge in [-0.2, -0.15) is 0 Å². The van der Waals surface area contributed by atoms with Crippen molar-refractivity contribution in [3.8, 4) is 5.75 Å². The predicted molar refractivity (Wildman–Crippen MR) is 122 cm³/mol. The maximum atomic E-state index is 12.2. The van der Waals surface area contributed by atoms with E-state index in [1.165, 1.54) is 6.33 Å². The number of carbonyl (C=O) groups is 1. The van der Waals surface area contributed by atoms with Gasteiger partial charge < -0.3 is 15.0 Å². The van der Waals surface area contributed by atoms with Crippen molar-refractivity contribution in [2.75, 3.05) is 13.1 Å². The molecule has 6 rings (SSSR count). The van der Waals surface area contributed by atoms with Gasteiger partial charge >= 0.3 is 0 Å². The van der Waals surface area contributed by atoms with Crippen LogP contribution in [0.5, 0.6) is 5.75 Å². The minimum Gasteiger partial charge on any atom is -0.465 e. The molecule has 2 aromatic carbocycles. The zero-order valence-corrected chi connectivity index (χ0v) is 17.3.